The number of alkyl carbamates (subject to hydrolysis) is 1. The number of nitrogens with one attached hydrogen (secondary N) is 1. The Bertz CT molecular complexity index is 1100. The molecule has 0 spiro atoms. The molecule has 2 aromatic carbocycles. The molecule has 0 radical (unpaired) electrons. The number of rotatable bonds is 5. The molecule has 1 aromatic heterocycles. The highest BCUT2D eigenvalue weighted by molar-refractivity contribution is 5.68. The van der Waals surface area contributed by atoms with Gasteiger partial charge in [-0.3, -0.25) is 0 Å². The number of aromatic nitrogens is 1. The molecule has 1 N–H and O–H groups in total. The molecule has 3 aromatic rings. The van der Waals surface area contributed by atoms with Crippen molar-refractivity contribution < 1.29 is 27.4 Å². The second kappa shape index (κ2) is 9.07. The average molecular weight is 430 g/mol. The molecule has 3 rings (SSSR count). The molecular weight excluding hydrogens is 409 g/mol. The first-order chi connectivity index (χ1) is 14.6. The van der Waals surface area contributed by atoms with Crippen LogP contribution < -0.4 is 10.1 Å². The van der Waals surface area contributed by atoms with Crippen LogP contribution >= 0.6 is 0 Å². The first-order valence-electron chi connectivity index (χ1n) is 9.46. The van der Waals surface area contributed by atoms with Crippen molar-refractivity contribution in [1.82, 2.24) is 10.3 Å². The van der Waals surface area contributed by atoms with E-state index in [-0.39, 0.29) is 12.3 Å². The molecule has 0 saturated carbocycles. The molecule has 0 aliphatic rings. The summed E-state index contributed by atoms with van der Waals surface area (Å²) in [6.45, 7) is 5.61. The lowest BCUT2D eigenvalue weighted by Gasteiger charge is -2.19. The Morgan fingerprint density at radius 2 is 1.65 bits per heavy atom. The van der Waals surface area contributed by atoms with Crippen LogP contribution in [0.4, 0.5) is 18.0 Å². The van der Waals surface area contributed by atoms with Gasteiger partial charge >= 0.3 is 6.09 Å². The highest BCUT2D eigenvalue weighted by atomic mass is 19.2. The van der Waals surface area contributed by atoms with E-state index >= 15 is 0 Å². The largest absolute Gasteiger partial charge is 0.444 e. The summed E-state index contributed by atoms with van der Waals surface area (Å²) in [5.41, 5.74) is 1.80. The zero-order valence-electron chi connectivity index (χ0n) is 17.2. The van der Waals surface area contributed by atoms with Gasteiger partial charge in [-0.1, -0.05) is 30.3 Å². The van der Waals surface area contributed by atoms with Gasteiger partial charge in [-0.15, -0.1) is 0 Å². The van der Waals surface area contributed by atoms with Crippen molar-refractivity contribution in [3.05, 3.63) is 77.7 Å². The monoisotopic (exact) mass is 430 g/mol. The van der Waals surface area contributed by atoms with Gasteiger partial charge in [0.05, 0.1) is 0 Å². The van der Waals surface area contributed by atoms with Crippen LogP contribution in [-0.2, 0) is 11.3 Å². The fourth-order valence-corrected chi connectivity index (χ4v) is 2.70. The number of halogens is 3. The zero-order valence-corrected chi connectivity index (χ0v) is 17.2. The van der Waals surface area contributed by atoms with Gasteiger partial charge in [0.25, 0.3) is 11.8 Å². The Kier molecular flexibility index (Phi) is 6.48. The van der Waals surface area contributed by atoms with Crippen LogP contribution in [-0.4, -0.2) is 16.7 Å². The Balaban J connectivity index is 1.75. The standard InChI is InChI=1S/C23H21F3N2O3/c1-23(2,3)31-22(29)27-13-14-6-4-7-15(10-14)16-8-5-9-17(11-16)30-21-19(25)12-18(24)20(26)28-21/h4-12H,13H2,1-3H3,(H,27,29). The Labute approximate surface area is 177 Å². The lowest BCUT2D eigenvalue weighted by molar-refractivity contribution is 0.0523. The number of carbonyl (C=O) groups is 1. The lowest BCUT2D eigenvalue weighted by atomic mass is 10.0. The summed E-state index contributed by atoms with van der Waals surface area (Å²) in [6, 6.07) is 14.4. The van der Waals surface area contributed by atoms with Crippen molar-refractivity contribution in [2.24, 2.45) is 0 Å². The van der Waals surface area contributed by atoms with E-state index in [4.69, 9.17) is 9.47 Å². The van der Waals surface area contributed by atoms with Crippen LogP contribution in [0.15, 0.2) is 54.6 Å². The minimum Gasteiger partial charge on any atom is -0.444 e. The van der Waals surface area contributed by atoms with Gasteiger partial charge in [-0.05, 0) is 55.7 Å². The van der Waals surface area contributed by atoms with Gasteiger partial charge in [0, 0.05) is 12.6 Å². The van der Waals surface area contributed by atoms with Gasteiger partial charge in [0.2, 0.25) is 0 Å². The summed E-state index contributed by atoms with van der Waals surface area (Å²) in [6.07, 6.45) is -0.519. The fraction of sp³-hybridized carbons (Fsp3) is 0.217. The van der Waals surface area contributed by atoms with Crippen LogP contribution in [0.25, 0.3) is 11.1 Å². The topological polar surface area (TPSA) is 60.5 Å². The molecule has 1 amide bonds. The number of amides is 1. The molecule has 0 aliphatic carbocycles. The van der Waals surface area contributed by atoms with Crippen molar-refractivity contribution in [3.63, 3.8) is 0 Å². The van der Waals surface area contributed by atoms with E-state index in [9.17, 15) is 18.0 Å². The predicted molar refractivity (Wildman–Crippen MR) is 109 cm³/mol. The first kappa shape index (κ1) is 22.1. The number of benzene rings is 2. The third-order valence-electron chi connectivity index (χ3n) is 4.00. The minimum atomic E-state index is -1.45. The highest BCUT2D eigenvalue weighted by Crippen LogP contribution is 2.28. The predicted octanol–water partition coefficient (Wildman–Crippen LogP) is 5.98. The second-order valence-electron chi connectivity index (χ2n) is 7.73. The number of carbonyl (C=O) groups excluding carboxylic acids is 1. The SMILES string of the molecule is CC(C)(C)OC(=O)NCc1cccc(-c2cccc(Oc3nc(F)c(F)cc3F)c2)c1. The van der Waals surface area contributed by atoms with E-state index in [0.717, 1.165) is 16.7 Å². The molecule has 0 unspecified atom stereocenters. The number of hydrogen-bond donors (Lipinski definition) is 1. The van der Waals surface area contributed by atoms with Gasteiger partial charge < -0.3 is 14.8 Å². The maximum atomic E-state index is 13.8. The van der Waals surface area contributed by atoms with E-state index in [2.05, 4.69) is 10.3 Å². The van der Waals surface area contributed by atoms with Gasteiger partial charge in [0.1, 0.15) is 11.4 Å². The van der Waals surface area contributed by atoms with Crippen LogP contribution in [0.2, 0.25) is 0 Å². The summed E-state index contributed by atoms with van der Waals surface area (Å²) in [5.74, 6) is -4.41. The number of nitrogens with zero attached hydrogens (tertiary/aromatic N) is 1. The number of hydrogen-bond acceptors (Lipinski definition) is 4. The summed E-state index contributed by atoms with van der Waals surface area (Å²) in [5, 5.41) is 2.69. The molecule has 8 heteroatoms. The van der Waals surface area contributed by atoms with E-state index in [0.29, 0.717) is 6.07 Å². The second-order valence-corrected chi connectivity index (χ2v) is 7.73. The normalized spacial score (nSPS) is 11.2. The van der Waals surface area contributed by atoms with E-state index in [1.54, 1.807) is 39.0 Å². The molecule has 0 saturated heterocycles. The first-order valence-corrected chi connectivity index (χ1v) is 9.46. The molecule has 5 nitrogen and oxygen atoms in total. The maximum Gasteiger partial charge on any atom is 0.407 e. The van der Waals surface area contributed by atoms with E-state index in [1.165, 1.54) is 0 Å². The van der Waals surface area contributed by atoms with Gasteiger partial charge in [-0.2, -0.15) is 9.37 Å². The Morgan fingerprint density at radius 1 is 0.968 bits per heavy atom. The summed E-state index contributed by atoms with van der Waals surface area (Å²) in [7, 11) is 0. The zero-order chi connectivity index (χ0) is 22.6. The number of ether oxygens (including phenoxy) is 2. The molecule has 0 aliphatic heterocycles. The lowest BCUT2D eigenvalue weighted by Crippen LogP contribution is -2.32. The van der Waals surface area contributed by atoms with Gasteiger partial charge in [-0.25, -0.2) is 13.6 Å². The van der Waals surface area contributed by atoms with Crippen molar-refractivity contribution in [1.29, 1.82) is 0 Å². The Morgan fingerprint density at radius 3 is 2.35 bits per heavy atom. The average Bonchev–Trinajstić information content (AvgIpc) is 2.70. The molecule has 0 fully saturated rings. The molecule has 31 heavy (non-hydrogen) atoms. The Hall–Kier alpha value is -3.55. The van der Waals surface area contributed by atoms with Gasteiger partial charge in [0.15, 0.2) is 11.6 Å². The number of pyridine rings is 1. The molecule has 162 valence electrons. The van der Waals surface area contributed by atoms with Crippen molar-refractivity contribution in [3.8, 4) is 22.8 Å². The van der Waals surface area contributed by atoms with Crippen LogP contribution in [0.1, 0.15) is 26.3 Å². The maximum absolute atomic E-state index is 13.8. The summed E-state index contributed by atoms with van der Waals surface area (Å²) >= 11 is 0. The van der Waals surface area contributed by atoms with E-state index in [1.807, 2.05) is 30.3 Å². The fourth-order valence-electron chi connectivity index (χ4n) is 2.70. The highest BCUT2D eigenvalue weighted by Gasteiger charge is 2.16. The van der Waals surface area contributed by atoms with Crippen LogP contribution in [0, 0.1) is 17.6 Å². The van der Waals surface area contributed by atoms with Crippen molar-refractivity contribution in [2.45, 2.75) is 32.9 Å². The van der Waals surface area contributed by atoms with Crippen LogP contribution in [0.3, 0.4) is 0 Å². The molecule has 0 atom stereocenters. The third-order valence-corrected chi connectivity index (χ3v) is 4.00. The third kappa shape index (κ3) is 6.21. The minimum absolute atomic E-state index is 0.201. The van der Waals surface area contributed by atoms with Crippen molar-refractivity contribution in [2.75, 3.05) is 0 Å². The molecular formula is C23H21F3N2O3. The van der Waals surface area contributed by atoms with Crippen molar-refractivity contribution >= 4 is 6.09 Å². The van der Waals surface area contributed by atoms with E-state index < -0.39 is 35.2 Å². The smallest absolute Gasteiger partial charge is 0.407 e. The van der Waals surface area contributed by atoms with Crippen LogP contribution in [0.5, 0.6) is 11.6 Å². The molecule has 1 heterocycles. The summed E-state index contributed by atoms with van der Waals surface area (Å²) in [4.78, 5) is 15.0. The quantitative estimate of drug-likeness (QED) is 0.506. The summed E-state index contributed by atoms with van der Waals surface area (Å²) < 4.78 is 50.7. The molecule has 0 bridgehead atoms.